The first-order valence-electron chi connectivity index (χ1n) is 7.95. The van der Waals surface area contributed by atoms with Crippen LogP contribution in [0.2, 0.25) is 0 Å². The standard InChI is InChI=1S/C19H25NO2S/c1-5-8-15-11-13-16(14-12-15)23(21,22)20-18-10-7-6-9-17(18)19(2,3)4/h6-7,9-14,20H,5,8H2,1-4H3. The highest BCUT2D eigenvalue weighted by atomic mass is 32.2. The summed E-state index contributed by atoms with van der Waals surface area (Å²) in [4.78, 5) is 0.293. The van der Waals surface area contributed by atoms with Gasteiger partial charge in [0.2, 0.25) is 0 Å². The average molecular weight is 331 g/mol. The molecular formula is C19H25NO2S. The number of para-hydroxylation sites is 1. The van der Waals surface area contributed by atoms with Crippen LogP contribution in [0.4, 0.5) is 5.69 Å². The number of nitrogens with one attached hydrogen (secondary N) is 1. The van der Waals surface area contributed by atoms with Gasteiger partial charge >= 0.3 is 0 Å². The predicted octanol–water partition coefficient (Wildman–Crippen LogP) is 4.74. The third-order valence-electron chi connectivity index (χ3n) is 3.75. The molecule has 1 N–H and O–H groups in total. The summed E-state index contributed by atoms with van der Waals surface area (Å²) >= 11 is 0. The van der Waals surface area contributed by atoms with Crippen molar-refractivity contribution in [2.45, 2.75) is 50.8 Å². The topological polar surface area (TPSA) is 46.2 Å². The second-order valence-corrected chi connectivity index (χ2v) is 8.48. The molecule has 0 saturated heterocycles. The van der Waals surface area contributed by atoms with Crippen molar-refractivity contribution in [1.29, 1.82) is 0 Å². The molecule has 0 aromatic heterocycles. The van der Waals surface area contributed by atoms with Crippen molar-refractivity contribution < 1.29 is 8.42 Å². The van der Waals surface area contributed by atoms with E-state index in [1.54, 1.807) is 12.1 Å². The molecule has 0 aliphatic carbocycles. The van der Waals surface area contributed by atoms with Gasteiger partial charge in [-0.3, -0.25) is 4.72 Å². The maximum Gasteiger partial charge on any atom is 0.261 e. The molecule has 3 nitrogen and oxygen atoms in total. The number of hydrogen-bond donors (Lipinski definition) is 1. The molecule has 0 saturated carbocycles. The molecule has 23 heavy (non-hydrogen) atoms. The monoisotopic (exact) mass is 331 g/mol. The van der Waals surface area contributed by atoms with Gasteiger partial charge in [-0.05, 0) is 41.2 Å². The Morgan fingerprint density at radius 2 is 1.57 bits per heavy atom. The molecule has 0 unspecified atom stereocenters. The van der Waals surface area contributed by atoms with E-state index in [1.165, 1.54) is 0 Å². The maximum atomic E-state index is 12.6. The van der Waals surface area contributed by atoms with Crippen LogP contribution >= 0.6 is 0 Å². The average Bonchev–Trinajstić information content (AvgIpc) is 2.47. The first-order valence-corrected chi connectivity index (χ1v) is 9.43. The third-order valence-corrected chi connectivity index (χ3v) is 5.13. The number of benzene rings is 2. The highest BCUT2D eigenvalue weighted by Crippen LogP contribution is 2.30. The Bertz CT molecular complexity index is 757. The molecule has 4 heteroatoms. The molecule has 0 aliphatic heterocycles. The number of aryl methyl sites for hydroxylation is 1. The molecule has 0 aliphatic rings. The van der Waals surface area contributed by atoms with E-state index in [0.717, 1.165) is 24.0 Å². The van der Waals surface area contributed by atoms with Gasteiger partial charge in [0.15, 0.2) is 0 Å². The summed E-state index contributed by atoms with van der Waals surface area (Å²) in [5.41, 5.74) is 2.63. The van der Waals surface area contributed by atoms with Crippen molar-refractivity contribution in [3.05, 3.63) is 59.7 Å². The molecule has 0 atom stereocenters. The van der Waals surface area contributed by atoms with Crippen LogP contribution in [0, 0.1) is 0 Å². The lowest BCUT2D eigenvalue weighted by atomic mass is 9.86. The second-order valence-electron chi connectivity index (χ2n) is 6.80. The first-order chi connectivity index (χ1) is 10.7. The van der Waals surface area contributed by atoms with Gasteiger partial charge < -0.3 is 0 Å². The molecule has 0 radical (unpaired) electrons. The van der Waals surface area contributed by atoms with Gasteiger partial charge in [-0.2, -0.15) is 0 Å². The zero-order valence-electron chi connectivity index (χ0n) is 14.3. The fraction of sp³-hybridized carbons (Fsp3) is 0.368. The molecule has 0 heterocycles. The molecule has 2 aromatic rings. The summed E-state index contributed by atoms with van der Waals surface area (Å²) < 4.78 is 28.0. The van der Waals surface area contributed by atoms with E-state index in [1.807, 2.05) is 36.4 Å². The van der Waals surface area contributed by atoms with Gasteiger partial charge in [0.05, 0.1) is 10.6 Å². The van der Waals surface area contributed by atoms with Crippen LogP contribution in [0.5, 0.6) is 0 Å². The Morgan fingerprint density at radius 1 is 0.957 bits per heavy atom. The van der Waals surface area contributed by atoms with Gasteiger partial charge in [-0.1, -0.05) is 64.4 Å². The third kappa shape index (κ3) is 4.35. The van der Waals surface area contributed by atoms with Crippen LogP contribution in [-0.2, 0) is 21.9 Å². The molecule has 2 rings (SSSR count). The quantitative estimate of drug-likeness (QED) is 0.860. The fourth-order valence-corrected chi connectivity index (χ4v) is 3.63. The second kappa shape index (κ2) is 6.75. The Labute approximate surface area is 139 Å². The number of rotatable bonds is 5. The summed E-state index contributed by atoms with van der Waals surface area (Å²) in [5, 5.41) is 0. The number of sulfonamides is 1. The molecule has 124 valence electrons. The normalized spacial score (nSPS) is 12.2. The van der Waals surface area contributed by atoms with E-state index in [4.69, 9.17) is 0 Å². The van der Waals surface area contributed by atoms with E-state index in [2.05, 4.69) is 32.4 Å². The molecular weight excluding hydrogens is 306 g/mol. The zero-order chi connectivity index (χ0) is 17.1. The first kappa shape index (κ1) is 17.5. The smallest absolute Gasteiger partial charge is 0.261 e. The molecule has 0 spiro atoms. The fourth-order valence-electron chi connectivity index (χ4n) is 2.55. The highest BCUT2D eigenvalue weighted by molar-refractivity contribution is 7.92. The van der Waals surface area contributed by atoms with Crippen molar-refractivity contribution in [3.8, 4) is 0 Å². The van der Waals surface area contributed by atoms with Crippen LogP contribution in [0.1, 0.15) is 45.2 Å². The van der Waals surface area contributed by atoms with Crippen LogP contribution < -0.4 is 4.72 Å². The minimum Gasteiger partial charge on any atom is -0.279 e. The lowest BCUT2D eigenvalue weighted by molar-refractivity contribution is 0.590. The minimum absolute atomic E-state index is 0.135. The zero-order valence-corrected chi connectivity index (χ0v) is 15.1. The molecule has 0 bridgehead atoms. The van der Waals surface area contributed by atoms with Gasteiger partial charge in [0, 0.05) is 0 Å². The Kier molecular flexibility index (Phi) is 5.15. The summed E-state index contributed by atoms with van der Waals surface area (Å²) in [6, 6.07) is 14.7. The van der Waals surface area contributed by atoms with Crippen LogP contribution in [-0.4, -0.2) is 8.42 Å². The summed E-state index contributed by atoms with van der Waals surface area (Å²) in [6.07, 6.45) is 2.00. The van der Waals surface area contributed by atoms with Crippen LogP contribution in [0.15, 0.2) is 53.4 Å². The predicted molar refractivity (Wildman–Crippen MR) is 96.4 cm³/mol. The molecule has 2 aromatic carbocycles. The van der Waals surface area contributed by atoms with Crippen molar-refractivity contribution in [2.75, 3.05) is 4.72 Å². The van der Waals surface area contributed by atoms with E-state index < -0.39 is 10.0 Å². The summed E-state index contributed by atoms with van der Waals surface area (Å²) in [7, 11) is -3.58. The van der Waals surface area contributed by atoms with Gasteiger partial charge in [-0.25, -0.2) is 8.42 Å². The van der Waals surface area contributed by atoms with E-state index >= 15 is 0 Å². The Morgan fingerprint density at radius 3 is 2.13 bits per heavy atom. The van der Waals surface area contributed by atoms with Crippen LogP contribution in [0.25, 0.3) is 0 Å². The number of hydrogen-bond acceptors (Lipinski definition) is 2. The molecule has 0 fully saturated rings. The maximum absolute atomic E-state index is 12.6. The summed E-state index contributed by atoms with van der Waals surface area (Å²) in [5.74, 6) is 0. The van der Waals surface area contributed by atoms with Gasteiger partial charge in [0.1, 0.15) is 0 Å². The Balaban J connectivity index is 2.32. The molecule has 0 amide bonds. The SMILES string of the molecule is CCCc1ccc(S(=O)(=O)Nc2ccccc2C(C)(C)C)cc1. The minimum atomic E-state index is -3.58. The highest BCUT2D eigenvalue weighted by Gasteiger charge is 2.21. The van der Waals surface area contributed by atoms with Crippen molar-refractivity contribution in [1.82, 2.24) is 0 Å². The van der Waals surface area contributed by atoms with Crippen molar-refractivity contribution in [3.63, 3.8) is 0 Å². The summed E-state index contributed by atoms with van der Waals surface area (Å²) in [6.45, 7) is 8.31. The Hall–Kier alpha value is -1.81. The van der Waals surface area contributed by atoms with Crippen molar-refractivity contribution in [2.24, 2.45) is 0 Å². The van der Waals surface area contributed by atoms with Gasteiger partial charge in [0.25, 0.3) is 10.0 Å². The van der Waals surface area contributed by atoms with Gasteiger partial charge in [-0.15, -0.1) is 0 Å². The largest absolute Gasteiger partial charge is 0.279 e. The van der Waals surface area contributed by atoms with Crippen LogP contribution in [0.3, 0.4) is 0 Å². The number of anilines is 1. The van der Waals surface area contributed by atoms with Crippen molar-refractivity contribution >= 4 is 15.7 Å². The lowest BCUT2D eigenvalue weighted by Gasteiger charge is -2.23. The van der Waals surface area contributed by atoms with E-state index in [-0.39, 0.29) is 5.41 Å². The van der Waals surface area contributed by atoms with E-state index in [0.29, 0.717) is 10.6 Å². The lowest BCUT2D eigenvalue weighted by Crippen LogP contribution is -2.19. The van der Waals surface area contributed by atoms with E-state index in [9.17, 15) is 8.42 Å².